The SMILES string of the molecule is CC(=O)N1CCC(C(=O)NC2(CC(=O)O)CCCC2)CC1. The van der Waals surface area contributed by atoms with Gasteiger partial charge in [-0.2, -0.15) is 0 Å². The monoisotopic (exact) mass is 296 g/mol. The van der Waals surface area contributed by atoms with Gasteiger partial charge in [0.05, 0.1) is 12.0 Å². The molecule has 2 amide bonds. The Morgan fingerprint density at radius 2 is 1.76 bits per heavy atom. The molecule has 0 spiro atoms. The topological polar surface area (TPSA) is 86.7 Å². The summed E-state index contributed by atoms with van der Waals surface area (Å²) in [6.45, 7) is 2.76. The molecule has 0 atom stereocenters. The highest BCUT2D eigenvalue weighted by molar-refractivity contribution is 5.81. The van der Waals surface area contributed by atoms with E-state index in [-0.39, 0.29) is 24.2 Å². The van der Waals surface area contributed by atoms with E-state index in [4.69, 9.17) is 5.11 Å². The third-order valence-electron chi connectivity index (χ3n) is 4.75. The summed E-state index contributed by atoms with van der Waals surface area (Å²) in [6, 6.07) is 0. The second kappa shape index (κ2) is 6.45. The van der Waals surface area contributed by atoms with Crippen LogP contribution in [0.15, 0.2) is 0 Å². The lowest BCUT2D eigenvalue weighted by atomic mass is 9.90. The maximum Gasteiger partial charge on any atom is 0.305 e. The summed E-state index contributed by atoms with van der Waals surface area (Å²) in [5, 5.41) is 12.1. The third-order valence-corrected chi connectivity index (χ3v) is 4.75. The highest BCUT2D eigenvalue weighted by Gasteiger charge is 2.39. The predicted molar refractivity (Wildman–Crippen MR) is 76.6 cm³/mol. The largest absolute Gasteiger partial charge is 0.481 e. The molecule has 0 aromatic heterocycles. The van der Waals surface area contributed by atoms with Crippen molar-refractivity contribution < 1.29 is 19.5 Å². The number of likely N-dealkylation sites (tertiary alicyclic amines) is 1. The Balaban J connectivity index is 1.91. The molecule has 1 heterocycles. The van der Waals surface area contributed by atoms with Gasteiger partial charge in [0.2, 0.25) is 11.8 Å². The molecule has 1 saturated heterocycles. The summed E-state index contributed by atoms with van der Waals surface area (Å²) in [4.78, 5) is 36.5. The zero-order chi connectivity index (χ0) is 15.5. The first-order valence-electron chi connectivity index (χ1n) is 7.71. The molecule has 6 nitrogen and oxygen atoms in total. The molecule has 0 aromatic rings. The Hall–Kier alpha value is -1.59. The van der Waals surface area contributed by atoms with Gasteiger partial charge in [0, 0.05) is 25.9 Å². The molecule has 0 bridgehead atoms. The standard InChI is InChI=1S/C15H24N2O4/c1-11(18)17-8-4-12(5-9-17)14(21)16-15(10-13(19)20)6-2-3-7-15/h12H,2-10H2,1H3,(H,16,21)(H,19,20). The third kappa shape index (κ3) is 3.95. The first kappa shape index (κ1) is 15.8. The molecule has 1 saturated carbocycles. The second-order valence-corrected chi connectivity index (χ2v) is 6.33. The fourth-order valence-electron chi connectivity index (χ4n) is 3.51. The average molecular weight is 296 g/mol. The molecule has 1 aliphatic heterocycles. The Morgan fingerprint density at radius 1 is 1.19 bits per heavy atom. The Bertz CT molecular complexity index is 421. The summed E-state index contributed by atoms with van der Waals surface area (Å²) in [7, 11) is 0. The minimum atomic E-state index is -0.858. The van der Waals surface area contributed by atoms with Crippen molar-refractivity contribution in [2.75, 3.05) is 13.1 Å². The summed E-state index contributed by atoms with van der Waals surface area (Å²) in [5.74, 6) is -0.955. The van der Waals surface area contributed by atoms with Crippen molar-refractivity contribution in [2.24, 2.45) is 5.92 Å². The molecular formula is C15H24N2O4. The van der Waals surface area contributed by atoms with Crippen molar-refractivity contribution in [3.8, 4) is 0 Å². The first-order valence-corrected chi connectivity index (χ1v) is 7.71. The fraction of sp³-hybridized carbons (Fsp3) is 0.800. The van der Waals surface area contributed by atoms with E-state index in [2.05, 4.69) is 5.32 Å². The number of amides is 2. The summed E-state index contributed by atoms with van der Waals surface area (Å²) < 4.78 is 0. The first-order chi connectivity index (χ1) is 9.92. The minimum Gasteiger partial charge on any atom is -0.481 e. The van der Waals surface area contributed by atoms with Crippen LogP contribution in [0.25, 0.3) is 0 Å². The van der Waals surface area contributed by atoms with Crippen LogP contribution in [0, 0.1) is 5.92 Å². The smallest absolute Gasteiger partial charge is 0.305 e. The van der Waals surface area contributed by atoms with E-state index in [0.29, 0.717) is 25.9 Å². The van der Waals surface area contributed by atoms with Gasteiger partial charge in [-0.3, -0.25) is 14.4 Å². The molecule has 118 valence electrons. The van der Waals surface area contributed by atoms with E-state index < -0.39 is 11.5 Å². The van der Waals surface area contributed by atoms with Crippen molar-refractivity contribution in [3.63, 3.8) is 0 Å². The number of rotatable bonds is 4. The van der Waals surface area contributed by atoms with E-state index in [1.165, 1.54) is 0 Å². The van der Waals surface area contributed by atoms with Crippen LogP contribution in [0.1, 0.15) is 51.9 Å². The Kier molecular flexibility index (Phi) is 4.85. The highest BCUT2D eigenvalue weighted by atomic mass is 16.4. The number of carboxylic acid groups (broad SMARTS) is 1. The van der Waals surface area contributed by atoms with Gasteiger partial charge in [-0.15, -0.1) is 0 Å². The van der Waals surface area contributed by atoms with Crippen LogP contribution in [0.3, 0.4) is 0 Å². The summed E-state index contributed by atoms with van der Waals surface area (Å²) >= 11 is 0. The zero-order valence-electron chi connectivity index (χ0n) is 12.6. The molecule has 6 heteroatoms. The van der Waals surface area contributed by atoms with E-state index in [1.54, 1.807) is 11.8 Å². The molecule has 0 unspecified atom stereocenters. The number of hydrogen-bond donors (Lipinski definition) is 2. The minimum absolute atomic E-state index is 0.00499. The molecule has 0 aromatic carbocycles. The van der Waals surface area contributed by atoms with Crippen LogP contribution in [0.4, 0.5) is 0 Å². The van der Waals surface area contributed by atoms with Gasteiger partial charge >= 0.3 is 5.97 Å². The normalized spacial score (nSPS) is 22.0. The van der Waals surface area contributed by atoms with Crippen molar-refractivity contribution in [2.45, 2.75) is 57.4 Å². The lowest BCUT2D eigenvalue weighted by molar-refractivity contribution is -0.140. The molecule has 2 N–H and O–H groups in total. The number of nitrogens with one attached hydrogen (secondary N) is 1. The summed E-state index contributed by atoms with van der Waals surface area (Å²) in [6.07, 6.45) is 4.76. The molecular weight excluding hydrogens is 272 g/mol. The van der Waals surface area contributed by atoms with Crippen LogP contribution in [0.5, 0.6) is 0 Å². The van der Waals surface area contributed by atoms with Crippen LogP contribution in [-0.4, -0.2) is 46.4 Å². The number of carbonyl (C=O) groups excluding carboxylic acids is 2. The van der Waals surface area contributed by atoms with Crippen molar-refractivity contribution >= 4 is 17.8 Å². The van der Waals surface area contributed by atoms with Gasteiger partial charge in [-0.25, -0.2) is 0 Å². The van der Waals surface area contributed by atoms with Gasteiger partial charge in [-0.05, 0) is 25.7 Å². The van der Waals surface area contributed by atoms with Crippen LogP contribution >= 0.6 is 0 Å². The van der Waals surface area contributed by atoms with Gasteiger partial charge in [0.1, 0.15) is 0 Å². The number of hydrogen-bond acceptors (Lipinski definition) is 3. The van der Waals surface area contributed by atoms with Crippen LogP contribution < -0.4 is 5.32 Å². The summed E-state index contributed by atoms with van der Waals surface area (Å²) in [5.41, 5.74) is -0.555. The number of carbonyl (C=O) groups is 3. The average Bonchev–Trinajstić information content (AvgIpc) is 2.86. The predicted octanol–water partition coefficient (Wildman–Crippen LogP) is 1.15. The Labute approximate surface area is 124 Å². The Morgan fingerprint density at radius 3 is 2.24 bits per heavy atom. The second-order valence-electron chi connectivity index (χ2n) is 6.33. The van der Waals surface area contributed by atoms with E-state index in [1.807, 2.05) is 0 Å². The number of carboxylic acids is 1. The quantitative estimate of drug-likeness (QED) is 0.814. The molecule has 1 aliphatic carbocycles. The molecule has 2 rings (SSSR count). The van der Waals surface area contributed by atoms with E-state index in [0.717, 1.165) is 25.7 Å². The van der Waals surface area contributed by atoms with Gasteiger partial charge in [0.15, 0.2) is 0 Å². The van der Waals surface area contributed by atoms with E-state index in [9.17, 15) is 14.4 Å². The molecule has 2 aliphatic rings. The fourth-order valence-corrected chi connectivity index (χ4v) is 3.51. The maximum atomic E-state index is 12.4. The van der Waals surface area contributed by atoms with E-state index >= 15 is 0 Å². The van der Waals surface area contributed by atoms with Crippen molar-refractivity contribution in [1.82, 2.24) is 10.2 Å². The molecule has 21 heavy (non-hydrogen) atoms. The maximum absolute atomic E-state index is 12.4. The van der Waals surface area contributed by atoms with Gasteiger partial charge in [-0.1, -0.05) is 12.8 Å². The number of nitrogens with zero attached hydrogens (tertiary/aromatic N) is 1. The number of piperidine rings is 1. The molecule has 0 radical (unpaired) electrons. The molecule has 2 fully saturated rings. The zero-order valence-corrected chi connectivity index (χ0v) is 12.6. The van der Waals surface area contributed by atoms with Crippen LogP contribution in [-0.2, 0) is 14.4 Å². The van der Waals surface area contributed by atoms with Gasteiger partial charge in [0.25, 0.3) is 0 Å². The number of aliphatic carboxylic acids is 1. The highest BCUT2D eigenvalue weighted by Crippen LogP contribution is 2.33. The lowest BCUT2D eigenvalue weighted by Gasteiger charge is -2.34. The van der Waals surface area contributed by atoms with Crippen molar-refractivity contribution in [3.05, 3.63) is 0 Å². The lowest BCUT2D eigenvalue weighted by Crippen LogP contribution is -2.51. The van der Waals surface area contributed by atoms with Crippen molar-refractivity contribution in [1.29, 1.82) is 0 Å². The van der Waals surface area contributed by atoms with Crippen LogP contribution in [0.2, 0.25) is 0 Å². The van der Waals surface area contributed by atoms with Gasteiger partial charge < -0.3 is 15.3 Å².